The molecule has 0 bridgehead atoms. The first-order valence-corrected chi connectivity index (χ1v) is 6.99. The number of aliphatic hydroxyl groups excluding tert-OH is 1. The first-order valence-electron chi connectivity index (χ1n) is 6.11. The fourth-order valence-corrected chi connectivity index (χ4v) is 2.41. The van der Waals surface area contributed by atoms with E-state index in [2.05, 4.69) is 10.3 Å². The van der Waals surface area contributed by atoms with Crippen LogP contribution >= 0.6 is 11.3 Å². The van der Waals surface area contributed by atoms with E-state index < -0.39 is 0 Å². The van der Waals surface area contributed by atoms with Gasteiger partial charge in [-0.1, -0.05) is 6.92 Å². The molecular formula is C13H16N2O3S. The van der Waals surface area contributed by atoms with Crippen molar-refractivity contribution in [2.45, 2.75) is 25.8 Å². The molecule has 1 amide bonds. The summed E-state index contributed by atoms with van der Waals surface area (Å²) in [7, 11) is 0. The van der Waals surface area contributed by atoms with E-state index in [4.69, 9.17) is 9.52 Å². The smallest absolute Gasteiger partial charge is 0.226 e. The average molecular weight is 280 g/mol. The molecule has 0 aromatic carbocycles. The summed E-state index contributed by atoms with van der Waals surface area (Å²) in [5.41, 5.74) is 0.710. The molecule has 6 heteroatoms. The normalized spacial score (nSPS) is 12.3. The second-order valence-electron chi connectivity index (χ2n) is 4.15. The number of aromatic nitrogens is 1. The number of aliphatic hydroxyl groups is 1. The Bertz CT molecular complexity index is 518. The van der Waals surface area contributed by atoms with Crippen LogP contribution in [0.1, 0.15) is 19.0 Å². The third-order valence-electron chi connectivity index (χ3n) is 2.70. The van der Waals surface area contributed by atoms with E-state index in [1.54, 1.807) is 12.3 Å². The molecule has 0 aliphatic heterocycles. The second-order valence-corrected chi connectivity index (χ2v) is 5.01. The van der Waals surface area contributed by atoms with Crippen LogP contribution in [0.4, 0.5) is 0 Å². The first kappa shape index (κ1) is 13.8. The number of hydrogen-bond acceptors (Lipinski definition) is 5. The first-order chi connectivity index (χ1) is 9.22. The predicted molar refractivity (Wildman–Crippen MR) is 72.8 cm³/mol. The number of rotatable bonds is 6. The Kier molecular flexibility index (Phi) is 4.70. The highest BCUT2D eigenvalue weighted by Crippen LogP contribution is 2.23. The molecule has 2 N–H and O–H groups in total. The highest BCUT2D eigenvalue weighted by Gasteiger charge is 2.13. The third kappa shape index (κ3) is 3.65. The molecule has 1 atom stereocenters. The van der Waals surface area contributed by atoms with Crippen molar-refractivity contribution in [2.24, 2.45) is 0 Å². The molecule has 2 aromatic heterocycles. The molecule has 0 spiro atoms. The predicted octanol–water partition coefficient (Wildman–Crippen LogP) is 1.83. The van der Waals surface area contributed by atoms with E-state index in [-0.39, 0.29) is 25.0 Å². The zero-order chi connectivity index (χ0) is 13.7. The minimum absolute atomic E-state index is 0.0447. The summed E-state index contributed by atoms with van der Waals surface area (Å²) in [5.74, 6) is 0.579. The number of amides is 1. The summed E-state index contributed by atoms with van der Waals surface area (Å²) in [6, 6.07) is 3.45. The summed E-state index contributed by atoms with van der Waals surface area (Å²) in [6.45, 7) is 1.87. The Balaban J connectivity index is 1.95. The van der Waals surface area contributed by atoms with Gasteiger partial charge in [0.1, 0.15) is 0 Å². The molecule has 0 unspecified atom stereocenters. The molecule has 0 radical (unpaired) electrons. The Morgan fingerprint density at radius 2 is 2.47 bits per heavy atom. The van der Waals surface area contributed by atoms with Crippen LogP contribution in [0.3, 0.4) is 0 Å². The molecule has 2 rings (SSSR count). The lowest BCUT2D eigenvalue weighted by molar-refractivity contribution is -0.121. The molecular weight excluding hydrogens is 264 g/mol. The van der Waals surface area contributed by atoms with Crippen molar-refractivity contribution < 1.29 is 14.3 Å². The van der Waals surface area contributed by atoms with Gasteiger partial charge in [-0.25, -0.2) is 4.98 Å². The van der Waals surface area contributed by atoms with Gasteiger partial charge in [0.25, 0.3) is 0 Å². The zero-order valence-electron chi connectivity index (χ0n) is 10.6. The van der Waals surface area contributed by atoms with Gasteiger partial charge >= 0.3 is 0 Å². The topological polar surface area (TPSA) is 75.4 Å². The molecule has 0 aliphatic carbocycles. The minimum atomic E-state index is -0.185. The van der Waals surface area contributed by atoms with Gasteiger partial charge in [0, 0.05) is 5.38 Å². The van der Waals surface area contributed by atoms with E-state index in [1.807, 2.05) is 18.4 Å². The summed E-state index contributed by atoms with van der Waals surface area (Å²) in [5, 5.41) is 14.4. The van der Waals surface area contributed by atoms with E-state index in [0.717, 1.165) is 5.01 Å². The maximum atomic E-state index is 11.8. The summed E-state index contributed by atoms with van der Waals surface area (Å²) in [6.07, 6.45) is 2.51. The van der Waals surface area contributed by atoms with Gasteiger partial charge in [-0.3, -0.25) is 4.79 Å². The maximum Gasteiger partial charge on any atom is 0.226 e. The molecule has 102 valence electrons. The lowest BCUT2D eigenvalue weighted by Gasteiger charge is -2.13. The van der Waals surface area contributed by atoms with Crippen LogP contribution in [0.5, 0.6) is 0 Å². The quantitative estimate of drug-likeness (QED) is 0.846. The molecule has 19 heavy (non-hydrogen) atoms. The molecule has 0 fully saturated rings. The van der Waals surface area contributed by atoms with Crippen LogP contribution < -0.4 is 5.32 Å². The number of nitrogens with one attached hydrogen (secondary N) is 1. The third-order valence-corrected chi connectivity index (χ3v) is 3.61. The van der Waals surface area contributed by atoms with Crippen LogP contribution in [0, 0.1) is 0 Å². The zero-order valence-corrected chi connectivity index (χ0v) is 11.4. The van der Waals surface area contributed by atoms with Crippen molar-refractivity contribution in [1.29, 1.82) is 0 Å². The molecule has 0 saturated carbocycles. The van der Waals surface area contributed by atoms with Crippen molar-refractivity contribution in [3.8, 4) is 10.8 Å². The Labute approximate surface area is 115 Å². The standard InChI is InChI=1S/C13H16N2O3S/c1-2-9(7-16)14-12(17)6-10-8-19-13(15-10)11-4-3-5-18-11/h3-5,8-9,16H,2,6-7H2,1H3,(H,14,17)/t9-/m0/s1. The van der Waals surface area contributed by atoms with Crippen molar-refractivity contribution in [2.75, 3.05) is 6.61 Å². The molecule has 2 aromatic rings. The Hall–Kier alpha value is -1.66. The van der Waals surface area contributed by atoms with Gasteiger partial charge in [-0.15, -0.1) is 11.3 Å². The van der Waals surface area contributed by atoms with Gasteiger partial charge in [0.2, 0.25) is 5.91 Å². The van der Waals surface area contributed by atoms with Crippen LogP contribution in [0.15, 0.2) is 28.2 Å². The molecule has 0 saturated heterocycles. The van der Waals surface area contributed by atoms with Crippen molar-refractivity contribution >= 4 is 17.2 Å². The summed E-state index contributed by atoms with van der Waals surface area (Å²) < 4.78 is 5.25. The second kappa shape index (κ2) is 6.49. The van der Waals surface area contributed by atoms with E-state index in [0.29, 0.717) is 17.9 Å². The van der Waals surface area contributed by atoms with Crippen LogP contribution in [0.25, 0.3) is 10.8 Å². The van der Waals surface area contributed by atoms with E-state index in [1.165, 1.54) is 11.3 Å². The number of carbonyl (C=O) groups excluding carboxylic acids is 1. The molecule has 2 heterocycles. The Morgan fingerprint density at radius 1 is 1.63 bits per heavy atom. The highest BCUT2D eigenvalue weighted by atomic mass is 32.1. The van der Waals surface area contributed by atoms with Crippen LogP contribution in [-0.4, -0.2) is 28.6 Å². The fourth-order valence-electron chi connectivity index (χ4n) is 1.62. The lowest BCUT2D eigenvalue weighted by atomic mass is 10.2. The van der Waals surface area contributed by atoms with E-state index in [9.17, 15) is 4.79 Å². The average Bonchev–Trinajstić information content (AvgIpc) is 3.06. The number of nitrogens with zero attached hydrogens (tertiary/aromatic N) is 1. The lowest BCUT2D eigenvalue weighted by Crippen LogP contribution is -2.37. The highest BCUT2D eigenvalue weighted by molar-refractivity contribution is 7.13. The maximum absolute atomic E-state index is 11.8. The van der Waals surface area contributed by atoms with Gasteiger partial charge in [-0.2, -0.15) is 0 Å². The fraction of sp³-hybridized carbons (Fsp3) is 0.385. The SMILES string of the molecule is CC[C@@H](CO)NC(=O)Cc1csc(-c2ccco2)n1. The van der Waals surface area contributed by atoms with Gasteiger partial charge in [0.15, 0.2) is 10.8 Å². The monoisotopic (exact) mass is 280 g/mol. The minimum Gasteiger partial charge on any atom is -0.462 e. The van der Waals surface area contributed by atoms with Crippen molar-refractivity contribution in [1.82, 2.24) is 10.3 Å². The number of hydrogen-bond donors (Lipinski definition) is 2. The van der Waals surface area contributed by atoms with Crippen molar-refractivity contribution in [3.63, 3.8) is 0 Å². The Morgan fingerprint density at radius 3 is 3.11 bits per heavy atom. The van der Waals surface area contributed by atoms with E-state index >= 15 is 0 Å². The van der Waals surface area contributed by atoms with Crippen LogP contribution in [-0.2, 0) is 11.2 Å². The number of carbonyl (C=O) groups is 1. The summed E-state index contributed by atoms with van der Waals surface area (Å²) >= 11 is 1.45. The molecule has 0 aliphatic rings. The van der Waals surface area contributed by atoms with Crippen molar-refractivity contribution in [3.05, 3.63) is 29.5 Å². The van der Waals surface area contributed by atoms with Gasteiger partial charge < -0.3 is 14.8 Å². The van der Waals surface area contributed by atoms with Crippen LogP contribution in [0.2, 0.25) is 0 Å². The number of thiazole rings is 1. The number of furan rings is 1. The van der Waals surface area contributed by atoms with Gasteiger partial charge in [-0.05, 0) is 18.6 Å². The van der Waals surface area contributed by atoms with Gasteiger partial charge in [0.05, 0.1) is 31.0 Å². The summed E-state index contributed by atoms with van der Waals surface area (Å²) in [4.78, 5) is 16.1. The molecule has 5 nitrogen and oxygen atoms in total. The largest absolute Gasteiger partial charge is 0.462 e.